The van der Waals surface area contributed by atoms with Crippen LogP contribution in [0.15, 0.2) is 36.0 Å². The second kappa shape index (κ2) is 4.86. The Bertz CT molecular complexity index is 803. The maximum atomic E-state index is 13.6. The topological polar surface area (TPSA) is 72.3 Å². The normalized spacial score (nSPS) is 10.7. The van der Waals surface area contributed by atoms with Crippen molar-refractivity contribution >= 4 is 27.5 Å². The molecule has 2 heterocycles. The van der Waals surface area contributed by atoms with Crippen LogP contribution in [0.1, 0.15) is 10.4 Å². The smallest absolute Gasteiger partial charge is 0.338 e. The zero-order valence-corrected chi connectivity index (χ0v) is 10.7. The summed E-state index contributed by atoms with van der Waals surface area (Å²) in [6.07, 6.45) is 1.35. The van der Waals surface area contributed by atoms with Crippen molar-refractivity contribution in [2.24, 2.45) is 0 Å². The lowest BCUT2D eigenvalue weighted by atomic mass is 10.2. The number of aromatic nitrogens is 2. The third-order valence-corrected chi connectivity index (χ3v) is 3.49. The zero-order valence-electron chi connectivity index (χ0n) is 9.91. The highest BCUT2D eigenvalue weighted by molar-refractivity contribution is 7.17. The van der Waals surface area contributed by atoms with Gasteiger partial charge in [-0.2, -0.15) is 0 Å². The maximum Gasteiger partial charge on any atom is 0.338 e. The lowest BCUT2D eigenvalue weighted by Gasteiger charge is -2.06. The van der Waals surface area contributed by atoms with Gasteiger partial charge in [0, 0.05) is 6.07 Å². The fourth-order valence-electron chi connectivity index (χ4n) is 1.68. The summed E-state index contributed by atoms with van der Waals surface area (Å²) < 4.78 is 19.8. The van der Waals surface area contributed by atoms with Crippen LogP contribution >= 0.6 is 11.3 Å². The van der Waals surface area contributed by atoms with Crippen LogP contribution in [-0.4, -0.2) is 21.0 Å². The summed E-state index contributed by atoms with van der Waals surface area (Å²) in [5, 5.41) is 10.6. The molecule has 0 atom stereocenters. The van der Waals surface area contributed by atoms with Gasteiger partial charge in [-0.1, -0.05) is 0 Å². The lowest BCUT2D eigenvalue weighted by molar-refractivity contribution is 0.0692. The average Bonchev–Trinajstić information content (AvgIpc) is 2.87. The van der Waals surface area contributed by atoms with Crippen LogP contribution in [0.3, 0.4) is 0 Å². The Balaban J connectivity index is 1.97. The molecule has 0 amide bonds. The van der Waals surface area contributed by atoms with Crippen LogP contribution in [0.4, 0.5) is 4.39 Å². The van der Waals surface area contributed by atoms with E-state index in [4.69, 9.17) is 9.84 Å². The average molecular weight is 290 g/mol. The van der Waals surface area contributed by atoms with E-state index in [9.17, 15) is 9.18 Å². The number of hydrogen-bond acceptors (Lipinski definition) is 5. The van der Waals surface area contributed by atoms with Crippen molar-refractivity contribution in [3.8, 4) is 11.6 Å². The van der Waals surface area contributed by atoms with Gasteiger partial charge in [0.2, 0.25) is 5.88 Å². The summed E-state index contributed by atoms with van der Waals surface area (Å²) in [5.41, 5.74) is 0.337. The summed E-state index contributed by atoms with van der Waals surface area (Å²) in [6.45, 7) is 0. The molecule has 0 radical (unpaired) electrons. The van der Waals surface area contributed by atoms with Crippen LogP contribution < -0.4 is 4.74 Å². The van der Waals surface area contributed by atoms with Crippen molar-refractivity contribution in [2.45, 2.75) is 0 Å². The predicted molar refractivity (Wildman–Crippen MR) is 70.8 cm³/mol. The maximum absolute atomic E-state index is 13.6. The Labute approximate surface area is 116 Å². The van der Waals surface area contributed by atoms with Gasteiger partial charge in [0.1, 0.15) is 22.6 Å². The summed E-state index contributed by atoms with van der Waals surface area (Å²) in [6, 6.07) is 5.38. The first-order valence-electron chi connectivity index (χ1n) is 5.54. The number of carboxylic acid groups (broad SMARTS) is 1. The second-order valence-electron chi connectivity index (χ2n) is 3.86. The van der Waals surface area contributed by atoms with Crippen molar-refractivity contribution in [3.05, 3.63) is 47.4 Å². The number of hydrogen-bond donors (Lipinski definition) is 1. The summed E-state index contributed by atoms with van der Waals surface area (Å²) in [7, 11) is 0. The van der Waals surface area contributed by atoms with Gasteiger partial charge < -0.3 is 9.84 Å². The molecule has 0 aliphatic heterocycles. The lowest BCUT2D eigenvalue weighted by Crippen LogP contribution is -2.00. The molecule has 0 saturated carbocycles. The Morgan fingerprint density at radius 2 is 2.15 bits per heavy atom. The van der Waals surface area contributed by atoms with Crippen LogP contribution in [-0.2, 0) is 0 Å². The Morgan fingerprint density at radius 1 is 1.30 bits per heavy atom. The number of halogens is 1. The van der Waals surface area contributed by atoms with E-state index in [0.29, 0.717) is 5.88 Å². The zero-order chi connectivity index (χ0) is 14.1. The van der Waals surface area contributed by atoms with Gasteiger partial charge in [0.05, 0.1) is 11.1 Å². The first-order chi connectivity index (χ1) is 9.65. The molecule has 7 heteroatoms. The fourth-order valence-corrected chi connectivity index (χ4v) is 2.45. The molecule has 3 aromatic rings. The van der Waals surface area contributed by atoms with Crippen molar-refractivity contribution in [3.63, 3.8) is 0 Å². The van der Waals surface area contributed by atoms with Crippen molar-refractivity contribution in [1.29, 1.82) is 0 Å². The van der Waals surface area contributed by atoms with E-state index in [1.165, 1.54) is 23.7 Å². The molecule has 2 aromatic heterocycles. The number of benzene rings is 1. The molecule has 0 aliphatic rings. The number of thiophene rings is 1. The van der Waals surface area contributed by atoms with Gasteiger partial charge in [-0.3, -0.25) is 0 Å². The number of rotatable bonds is 3. The molecule has 0 unspecified atom stereocenters. The molecule has 100 valence electrons. The first-order valence-corrected chi connectivity index (χ1v) is 6.42. The summed E-state index contributed by atoms with van der Waals surface area (Å²) in [4.78, 5) is 18.8. The number of ether oxygens (including phenoxy) is 1. The molecule has 0 saturated heterocycles. The molecule has 1 aromatic carbocycles. The molecule has 1 N–H and O–H groups in total. The van der Waals surface area contributed by atoms with Crippen molar-refractivity contribution in [1.82, 2.24) is 9.97 Å². The van der Waals surface area contributed by atoms with Crippen molar-refractivity contribution < 1.29 is 19.0 Å². The number of fused-ring (bicyclic) bond motifs is 1. The fraction of sp³-hybridized carbons (Fsp3) is 0. The monoisotopic (exact) mass is 290 g/mol. The minimum absolute atomic E-state index is 0.181. The van der Waals surface area contributed by atoms with E-state index in [1.807, 2.05) is 11.4 Å². The Morgan fingerprint density at radius 3 is 2.90 bits per heavy atom. The van der Waals surface area contributed by atoms with Crippen LogP contribution in [0.25, 0.3) is 10.2 Å². The number of nitrogens with zero attached hydrogens (tertiary/aromatic N) is 2. The SMILES string of the molecule is O=C(O)c1ccc(Oc2ncnc3ccsc23)cc1F. The van der Waals surface area contributed by atoms with E-state index < -0.39 is 17.3 Å². The number of carboxylic acids is 1. The van der Waals surface area contributed by atoms with Crippen LogP contribution in [0, 0.1) is 5.82 Å². The highest BCUT2D eigenvalue weighted by atomic mass is 32.1. The number of aromatic carboxylic acids is 1. The minimum Gasteiger partial charge on any atom is -0.478 e. The molecular formula is C13H7FN2O3S. The third kappa shape index (κ3) is 2.19. The third-order valence-electron chi connectivity index (χ3n) is 2.60. The van der Waals surface area contributed by atoms with Gasteiger partial charge in [-0.25, -0.2) is 19.2 Å². The van der Waals surface area contributed by atoms with Gasteiger partial charge in [0.25, 0.3) is 0 Å². The van der Waals surface area contributed by atoms with E-state index in [-0.39, 0.29) is 5.75 Å². The molecule has 0 bridgehead atoms. The van der Waals surface area contributed by atoms with Gasteiger partial charge in [-0.15, -0.1) is 11.3 Å². The summed E-state index contributed by atoms with van der Waals surface area (Å²) in [5.74, 6) is -1.68. The highest BCUT2D eigenvalue weighted by Gasteiger charge is 2.13. The molecule has 0 fully saturated rings. The van der Waals surface area contributed by atoms with Crippen molar-refractivity contribution in [2.75, 3.05) is 0 Å². The van der Waals surface area contributed by atoms with Gasteiger partial charge in [-0.05, 0) is 23.6 Å². The highest BCUT2D eigenvalue weighted by Crippen LogP contribution is 2.30. The summed E-state index contributed by atoms with van der Waals surface area (Å²) >= 11 is 1.41. The van der Waals surface area contributed by atoms with Crippen LogP contribution in [0.2, 0.25) is 0 Å². The molecule has 0 aliphatic carbocycles. The Kier molecular flexibility index (Phi) is 3.03. The van der Waals surface area contributed by atoms with Gasteiger partial charge in [0.15, 0.2) is 0 Å². The second-order valence-corrected chi connectivity index (χ2v) is 4.78. The van der Waals surface area contributed by atoms with E-state index in [0.717, 1.165) is 22.3 Å². The molecule has 3 rings (SSSR count). The molecular weight excluding hydrogens is 283 g/mol. The van der Waals surface area contributed by atoms with E-state index in [1.54, 1.807) is 0 Å². The Hall–Kier alpha value is -2.54. The van der Waals surface area contributed by atoms with Gasteiger partial charge >= 0.3 is 5.97 Å². The molecule has 0 spiro atoms. The quantitative estimate of drug-likeness (QED) is 0.801. The molecule has 20 heavy (non-hydrogen) atoms. The number of carbonyl (C=O) groups is 1. The predicted octanol–water partition coefficient (Wildman–Crippen LogP) is 3.32. The first kappa shape index (κ1) is 12.5. The largest absolute Gasteiger partial charge is 0.478 e. The minimum atomic E-state index is -1.32. The van der Waals surface area contributed by atoms with Crippen LogP contribution in [0.5, 0.6) is 11.6 Å². The standard InChI is InChI=1S/C13H7FN2O3S/c14-9-5-7(1-2-8(9)13(17)18)19-12-11-10(3-4-20-11)15-6-16-12/h1-6H,(H,17,18). The van der Waals surface area contributed by atoms with E-state index in [2.05, 4.69) is 9.97 Å². The van der Waals surface area contributed by atoms with E-state index >= 15 is 0 Å². The molecule has 5 nitrogen and oxygen atoms in total.